The summed E-state index contributed by atoms with van der Waals surface area (Å²) in [6, 6.07) is 0. The van der Waals surface area contributed by atoms with Crippen LogP contribution in [0.4, 0.5) is 0 Å². The lowest BCUT2D eigenvalue weighted by Gasteiger charge is -2.08. The maximum absolute atomic E-state index is 10.9. The second kappa shape index (κ2) is 3.80. The number of rotatable bonds is 3. The highest BCUT2D eigenvalue weighted by Crippen LogP contribution is 2.15. The Kier molecular flexibility index (Phi) is 2.74. The van der Waals surface area contributed by atoms with Crippen LogP contribution in [0.3, 0.4) is 0 Å². The van der Waals surface area contributed by atoms with Gasteiger partial charge in [0.05, 0.1) is 5.92 Å². The van der Waals surface area contributed by atoms with Crippen LogP contribution in [-0.4, -0.2) is 15.9 Å². The smallest absolute Gasteiger partial charge is 0.225 e. The van der Waals surface area contributed by atoms with E-state index in [1.54, 1.807) is 12.4 Å². The molecule has 1 amide bonds. The normalized spacial score (nSPS) is 12.4. The Hall–Kier alpha value is -1.45. The Bertz CT molecular complexity index is 260. The third-order valence-corrected chi connectivity index (χ3v) is 1.73. The fraction of sp³-hybridized carbons (Fsp3) is 0.375. The minimum atomic E-state index is -0.327. The van der Waals surface area contributed by atoms with Crippen LogP contribution in [0, 0.1) is 0 Å². The van der Waals surface area contributed by atoms with Gasteiger partial charge in [-0.05, 0) is 6.42 Å². The zero-order valence-corrected chi connectivity index (χ0v) is 6.90. The highest BCUT2D eigenvalue weighted by atomic mass is 16.1. The average Bonchev–Trinajstić information content (AvgIpc) is 2.07. The van der Waals surface area contributed by atoms with Crippen molar-refractivity contribution in [2.75, 3.05) is 0 Å². The van der Waals surface area contributed by atoms with E-state index >= 15 is 0 Å². The van der Waals surface area contributed by atoms with E-state index in [1.165, 1.54) is 6.33 Å². The van der Waals surface area contributed by atoms with E-state index in [-0.39, 0.29) is 11.8 Å². The minimum absolute atomic E-state index is 0.258. The van der Waals surface area contributed by atoms with E-state index < -0.39 is 0 Å². The first-order chi connectivity index (χ1) is 5.75. The number of carbonyl (C=O) groups is 1. The van der Waals surface area contributed by atoms with E-state index in [0.29, 0.717) is 6.42 Å². The first-order valence-corrected chi connectivity index (χ1v) is 3.80. The van der Waals surface area contributed by atoms with Gasteiger partial charge in [-0.15, -0.1) is 0 Å². The maximum Gasteiger partial charge on any atom is 0.225 e. The lowest BCUT2D eigenvalue weighted by atomic mass is 9.99. The van der Waals surface area contributed by atoms with Gasteiger partial charge in [0.1, 0.15) is 6.33 Å². The number of hydrogen-bond acceptors (Lipinski definition) is 3. The molecule has 0 aliphatic rings. The highest BCUT2D eigenvalue weighted by Gasteiger charge is 2.15. The molecule has 0 aromatic carbocycles. The predicted octanol–water partition coefficient (Wildman–Crippen LogP) is 0.455. The summed E-state index contributed by atoms with van der Waals surface area (Å²) in [7, 11) is 0. The van der Waals surface area contributed by atoms with Crippen molar-refractivity contribution in [1.29, 1.82) is 0 Å². The van der Waals surface area contributed by atoms with Gasteiger partial charge in [-0.2, -0.15) is 0 Å². The third-order valence-electron chi connectivity index (χ3n) is 1.73. The number of nitrogens with zero attached hydrogens (tertiary/aromatic N) is 2. The van der Waals surface area contributed by atoms with Gasteiger partial charge in [-0.3, -0.25) is 4.79 Å². The second-order valence-electron chi connectivity index (χ2n) is 2.54. The van der Waals surface area contributed by atoms with Crippen LogP contribution in [0.15, 0.2) is 18.7 Å². The van der Waals surface area contributed by atoms with Gasteiger partial charge in [0.15, 0.2) is 0 Å². The van der Waals surface area contributed by atoms with Crippen LogP contribution in [0.2, 0.25) is 0 Å². The quantitative estimate of drug-likeness (QED) is 0.707. The zero-order chi connectivity index (χ0) is 8.97. The van der Waals surface area contributed by atoms with Crippen LogP contribution in [0.5, 0.6) is 0 Å². The van der Waals surface area contributed by atoms with Gasteiger partial charge >= 0.3 is 0 Å². The molecule has 0 aliphatic heterocycles. The molecular weight excluding hydrogens is 154 g/mol. The number of primary amides is 1. The van der Waals surface area contributed by atoms with E-state index in [9.17, 15) is 4.79 Å². The Labute approximate surface area is 70.8 Å². The molecule has 1 heterocycles. The fourth-order valence-electron chi connectivity index (χ4n) is 1.09. The Balaban J connectivity index is 2.88. The van der Waals surface area contributed by atoms with Gasteiger partial charge in [-0.25, -0.2) is 9.97 Å². The molecule has 1 unspecified atom stereocenters. The van der Waals surface area contributed by atoms with Crippen molar-refractivity contribution in [3.05, 3.63) is 24.3 Å². The molecule has 1 aromatic heterocycles. The Morgan fingerprint density at radius 1 is 1.58 bits per heavy atom. The molecule has 0 radical (unpaired) electrons. The van der Waals surface area contributed by atoms with Gasteiger partial charge in [0.2, 0.25) is 5.91 Å². The highest BCUT2D eigenvalue weighted by molar-refractivity contribution is 5.81. The molecule has 1 aromatic rings. The van der Waals surface area contributed by atoms with Crippen LogP contribution in [0.25, 0.3) is 0 Å². The summed E-state index contributed by atoms with van der Waals surface area (Å²) >= 11 is 0. The van der Waals surface area contributed by atoms with Crippen molar-refractivity contribution < 1.29 is 4.79 Å². The molecule has 0 fully saturated rings. The van der Waals surface area contributed by atoms with Crippen LogP contribution in [-0.2, 0) is 4.79 Å². The van der Waals surface area contributed by atoms with Crippen molar-refractivity contribution >= 4 is 5.91 Å². The molecule has 1 rings (SSSR count). The first kappa shape index (κ1) is 8.64. The van der Waals surface area contributed by atoms with Crippen LogP contribution in [0.1, 0.15) is 24.8 Å². The molecule has 2 N–H and O–H groups in total. The van der Waals surface area contributed by atoms with Gasteiger partial charge in [-0.1, -0.05) is 6.92 Å². The molecule has 4 nitrogen and oxygen atoms in total. The van der Waals surface area contributed by atoms with Crippen molar-refractivity contribution in [3.63, 3.8) is 0 Å². The summed E-state index contributed by atoms with van der Waals surface area (Å²) in [6.07, 6.45) is 5.35. The molecule has 64 valence electrons. The van der Waals surface area contributed by atoms with Crippen molar-refractivity contribution in [3.8, 4) is 0 Å². The lowest BCUT2D eigenvalue weighted by molar-refractivity contribution is -0.119. The van der Waals surface area contributed by atoms with Gasteiger partial charge in [0, 0.05) is 18.0 Å². The molecule has 0 bridgehead atoms. The van der Waals surface area contributed by atoms with Crippen LogP contribution < -0.4 is 5.73 Å². The Morgan fingerprint density at radius 3 is 2.58 bits per heavy atom. The van der Waals surface area contributed by atoms with E-state index in [4.69, 9.17) is 5.73 Å². The number of nitrogens with two attached hydrogens (primary N) is 1. The standard InChI is InChI=1S/C8H11N3O/c1-2-7(8(9)12)6-3-10-5-11-4-6/h3-5,7H,2H2,1H3,(H2,9,12). The lowest BCUT2D eigenvalue weighted by Crippen LogP contribution is -2.20. The average molecular weight is 165 g/mol. The van der Waals surface area contributed by atoms with Crippen molar-refractivity contribution in [2.45, 2.75) is 19.3 Å². The number of aromatic nitrogens is 2. The molecule has 0 saturated heterocycles. The van der Waals surface area contributed by atoms with Crippen molar-refractivity contribution in [1.82, 2.24) is 9.97 Å². The van der Waals surface area contributed by atoms with E-state index in [0.717, 1.165) is 5.56 Å². The molecule has 4 heteroatoms. The Morgan fingerprint density at radius 2 is 2.17 bits per heavy atom. The maximum atomic E-state index is 10.9. The summed E-state index contributed by atoms with van der Waals surface area (Å²) in [5.41, 5.74) is 5.97. The third kappa shape index (κ3) is 1.78. The summed E-state index contributed by atoms with van der Waals surface area (Å²) in [4.78, 5) is 18.5. The summed E-state index contributed by atoms with van der Waals surface area (Å²) in [5.74, 6) is -0.585. The topological polar surface area (TPSA) is 68.9 Å². The van der Waals surface area contributed by atoms with Crippen LogP contribution >= 0.6 is 0 Å². The molecule has 0 spiro atoms. The predicted molar refractivity (Wildman–Crippen MR) is 44.3 cm³/mol. The zero-order valence-electron chi connectivity index (χ0n) is 6.90. The molecule has 1 atom stereocenters. The number of amides is 1. The minimum Gasteiger partial charge on any atom is -0.369 e. The molecule has 0 saturated carbocycles. The largest absolute Gasteiger partial charge is 0.369 e. The van der Waals surface area contributed by atoms with Crippen molar-refractivity contribution in [2.24, 2.45) is 5.73 Å². The van der Waals surface area contributed by atoms with Gasteiger partial charge < -0.3 is 5.73 Å². The summed E-state index contributed by atoms with van der Waals surface area (Å²) in [5, 5.41) is 0. The van der Waals surface area contributed by atoms with Gasteiger partial charge in [0.25, 0.3) is 0 Å². The molecular formula is C8H11N3O. The fourth-order valence-corrected chi connectivity index (χ4v) is 1.09. The first-order valence-electron chi connectivity index (χ1n) is 3.80. The number of hydrogen-bond donors (Lipinski definition) is 1. The van der Waals surface area contributed by atoms with E-state index in [2.05, 4.69) is 9.97 Å². The summed E-state index contributed by atoms with van der Waals surface area (Å²) < 4.78 is 0. The molecule has 12 heavy (non-hydrogen) atoms. The summed E-state index contributed by atoms with van der Waals surface area (Å²) in [6.45, 7) is 1.91. The molecule has 0 aliphatic carbocycles. The monoisotopic (exact) mass is 165 g/mol. The van der Waals surface area contributed by atoms with E-state index in [1.807, 2.05) is 6.92 Å². The second-order valence-corrected chi connectivity index (χ2v) is 2.54. The number of carbonyl (C=O) groups excluding carboxylic acids is 1. The SMILES string of the molecule is CCC(C(N)=O)c1cncnc1.